The molecule has 1 saturated heterocycles. The lowest BCUT2D eigenvalue weighted by Crippen LogP contribution is -2.01. The van der Waals surface area contributed by atoms with Gasteiger partial charge in [0.1, 0.15) is 19.3 Å². The van der Waals surface area contributed by atoms with Gasteiger partial charge in [-0.1, -0.05) is 0 Å². The quantitative estimate of drug-likeness (QED) is 0.546. The third kappa shape index (κ3) is 2.76. The van der Waals surface area contributed by atoms with Crippen LogP contribution < -0.4 is 0 Å². The van der Waals surface area contributed by atoms with Gasteiger partial charge in [-0.15, -0.1) is 0 Å². The molecule has 0 spiro atoms. The predicted molar refractivity (Wildman–Crippen MR) is 55.4 cm³/mol. The third-order valence-corrected chi connectivity index (χ3v) is 3.75. The monoisotopic (exact) mass is 247 g/mol. The van der Waals surface area contributed by atoms with Crippen molar-refractivity contribution in [3.8, 4) is 6.07 Å². The van der Waals surface area contributed by atoms with Crippen molar-refractivity contribution in [1.82, 2.24) is 0 Å². The van der Waals surface area contributed by atoms with Crippen LogP contribution in [0.5, 0.6) is 0 Å². The zero-order valence-electron chi connectivity index (χ0n) is 9.26. The Labute approximate surface area is 94.3 Å². The lowest BCUT2D eigenvalue weighted by atomic mass is 10.6. The van der Waals surface area contributed by atoms with Gasteiger partial charge in [0.2, 0.25) is 5.31 Å². The van der Waals surface area contributed by atoms with Crippen LogP contribution in [0.2, 0.25) is 0 Å². The van der Waals surface area contributed by atoms with E-state index < -0.39 is 7.60 Å². The smallest absolute Gasteiger partial charge is 0.379 e. The van der Waals surface area contributed by atoms with E-state index in [4.69, 9.17) is 23.8 Å². The number of hydrogen-bond acceptors (Lipinski definition) is 6. The molecule has 1 aliphatic heterocycles. The SMILES string of the molecule is CCOP(=O)(OCC)C(C#N)=C1OCCO1. The summed E-state index contributed by atoms with van der Waals surface area (Å²) in [5, 5.41) is 8.77. The number of nitrogens with zero attached hydrogens (tertiary/aromatic N) is 1. The molecule has 0 aromatic rings. The van der Waals surface area contributed by atoms with Crippen LogP contribution in [0, 0.1) is 11.3 Å². The van der Waals surface area contributed by atoms with Crippen LogP contribution in [0.4, 0.5) is 0 Å². The molecule has 1 heterocycles. The molecule has 0 aliphatic carbocycles. The molecule has 6 nitrogen and oxygen atoms in total. The molecule has 16 heavy (non-hydrogen) atoms. The minimum atomic E-state index is -3.61. The molecule has 1 fully saturated rings. The average molecular weight is 247 g/mol. The first kappa shape index (κ1) is 13.0. The molecule has 90 valence electrons. The first-order valence-corrected chi connectivity index (χ1v) is 6.51. The third-order valence-electron chi connectivity index (χ3n) is 1.72. The Balaban J connectivity index is 3.04. The minimum Gasteiger partial charge on any atom is -0.461 e. The summed E-state index contributed by atoms with van der Waals surface area (Å²) in [6, 6.07) is 1.77. The maximum atomic E-state index is 12.2. The van der Waals surface area contributed by atoms with Crippen LogP contribution in [0.15, 0.2) is 11.3 Å². The van der Waals surface area contributed by atoms with E-state index in [2.05, 4.69) is 0 Å². The highest BCUT2D eigenvalue weighted by molar-refractivity contribution is 7.58. The van der Waals surface area contributed by atoms with E-state index in [-0.39, 0.29) is 24.5 Å². The van der Waals surface area contributed by atoms with Gasteiger partial charge in [-0.2, -0.15) is 5.26 Å². The van der Waals surface area contributed by atoms with E-state index in [1.807, 2.05) is 0 Å². The molecule has 0 aromatic carbocycles. The van der Waals surface area contributed by atoms with Crippen molar-refractivity contribution in [1.29, 1.82) is 5.26 Å². The highest BCUT2D eigenvalue weighted by atomic mass is 31.2. The van der Waals surface area contributed by atoms with Crippen LogP contribution in [-0.4, -0.2) is 26.4 Å². The Kier molecular flexibility index (Phi) is 4.81. The van der Waals surface area contributed by atoms with E-state index in [1.165, 1.54) is 0 Å². The van der Waals surface area contributed by atoms with Crippen LogP contribution in [0.1, 0.15) is 13.8 Å². The number of hydrogen-bond donors (Lipinski definition) is 0. The van der Waals surface area contributed by atoms with Crippen molar-refractivity contribution >= 4 is 7.60 Å². The van der Waals surface area contributed by atoms with Crippen molar-refractivity contribution < 1.29 is 23.1 Å². The Bertz CT molecular complexity index is 341. The fourth-order valence-electron chi connectivity index (χ4n) is 1.17. The minimum absolute atomic E-state index is 0.0484. The van der Waals surface area contributed by atoms with Gasteiger partial charge in [-0.05, 0) is 13.8 Å². The zero-order valence-corrected chi connectivity index (χ0v) is 10.2. The second-order valence-electron chi connectivity index (χ2n) is 2.78. The molecule has 0 saturated carbocycles. The Morgan fingerprint density at radius 2 is 1.88 bits per heavy atom. The molecule has 0 atom stereocenters. The Morgan fingerprint density at radius 1 is 1.38 bits per heavy atom. The molecule has 1 rings (SSSR count). The van der Waals surface area contributed by atoms with E-state index in [0.29, 0.717) is 13.2 Å². The second-order valence-corrected chi connectivity index (χ2v) is 4.74. The highest BCUT2D eigenvalue weighted by Crippen LogP contribution is 2.57. The lowest BCUT2D eigenvalue weighted by molar-refractivity contribution is 0.169. The summed E-state index contributed by atoms with van der Waals surface area (Å²) in [7, 11) is -3.61. The molecule has 0 radical (unpaired) electrons. The Morgan fingerprint density at radius 3 is 2.25 bits per heavy atom. The number of nitriles is 1. The predicted octanol–water partition coefficient (Wildman–Crippen LogP) is 1.99. The molecule has 0 N–H and O–H groups in total. The van der Waals surface area contributed by atoms with Crippen molar-refractivity contribution in [3.63, 3.8) is 0 Å². The molecule has 0 unspecified atom stereocenters. The zero-order chi connectivity index (χ0) is 12.0. The summed E-state index contributed by atoms with van der Waals surface area (Å²) in [6.45, 7) is 4.35. The first-order valence-electron chi connectivity index (χ1n) is 4.97. The van der Waals surface area contributed by atoms with Crippen molar-refractivity contribution in [2.45, 2.75) is 13.8 Å². The summed E-state index contributed by atoms with van der Waals surface area (Å²) < 4.78 is 32.4. The van der Waals surface area contributed by atoms with Crippen LogP contribution >= 0.6 is 7.60 Å². The highest BCUT2D eigenvalue weighted by Gasteiger charge is 2.36. The number of ether oxygens (including phenoxy) is 2. The summed E-state index contributed by atoms with van der Waals surface area (Å²) in [6.07, 6.45) is 0. The van der Waals surface area contributed by atoms with Gasteiger partial charge in [0, 0.05) is 0 Å². The normalized spacial score (nSPS) is 15.2. The van der Waals surface area contributed by atoms with E-state index in [0.717, 1.165) is 0 Å². The van der Waals surface area contributed by atoms with Crippen LogP contribution in [0.25, 0.3) is 0 Å². The van der Waals surface area contributed by atoms with E-state index in [1.54, 1.807) is 19.9 Å². The average Bonchev–Trinajstić information content (AvgIpc) is 2.72. The van der Waals surface area contributed by atoms with Crippen molar-refractivity contribution in [3.05, 3.63) is 11.3 Å². The molecule has 0 amide bonds. The van der Waals surface area contributed by atoms with Gasteiger partial charge < -0.3 is 18.5 Å². The van der Waals surface area contributed by atoms with Crippen molar-refractivity contribution in [2.24, 2.45) is 0 Å². The van der Waals surface area contributed by atoms with Crippen molar-refractivity contribution in [2.75, 3.05) is 26.4 Å². The number of allylic oxidation sites excluding steroid dienone is 1. The largest absolute Gasteiger partial charge is 0.461 e. The maximum Gasteiger partial charge on any atom is 0.379 e. The standard InChI is InChI=1S/C9H14NO5P/c1-3-14-16(11,15-4-2)8(7-10)9-12-5-6-13-9/h3-6H2,1-2H3. The summed E-state index contributed by atoms with van der Waals surface area (Å²) in [5.41, 5.74) is 0. The van der Waals surface area contributed by atoms with E-state index >= 15 is 0 Å². The summed E-state index contributed by atoms with van der Waals surface area (Å²) >= 11 is 0. The molecule has 7 heteroatoms. The molecule has 0 bridgehead atoms. The van der Waals surface area contributed by atoms with Gasteiger partial charge in [-0.3, -0.25) is 4.57 Å². The number of rotatable bonds is 5. The fraction of sp³-hybridized carbons (Fsp3) is 0.667. The fourth-order valence-corrected chi connectivity index (χ4v) is 2.66. The maximum absolute atomic E-state index is 12.2. The summed E-state index contributed by atoms with van der Waals surface area (Å²) in [4.78, 5) is 0. The Hall–Kier alpha value is -1.02. The van der Waals surface area contributed by atoms with Gasteiger partial charge in [0.05, 0.1) is 13.2 Å². The van der Waals surface area contributed by atoms with E-state index in [9.17, 15) is 4.57 Å². The second kappa shape index (κ2) is 5.90. The van der Waals surface area contributed by atoms with Gasteiger partial charge >= 0.3 is 13.5 Å². The summed E-state index contributed by atoms with van der Waals surface area (Å²) in [5.74, 6) is -0.0484. The molecular weight excluding hydrogens is 233 g/mol. The van der Waals surface area contributed by atoms with Gasteiger partial charge in [0.15, 0.2) is 0 Å². The molecular formula is C9H14NO5P. The molecule has 1 aliphatic rings. The molecule has 0 aromatic heterocycles. The lowest BCUT2D eigenvalue weighted by Gasteiger charge is -2.16. The van der Waals surface area contributed by atoms with Gasteiger partial charge in [0.25, 0.3) is 0 Å². The topological polar surface area (TPSA) is 77.8 Å². The van der Waals surface area contributed by atoms with Crippen LogP contribution in [-0.2, 0) is 23.1 Å². The van der Waals surface area contributed by atoms with Crippen LogP contribution in [0.3, 0.4) is 0 Å². The first-order chi connectivity index (χ1) is 7.68. The van der Waals surface area contributed by atoms with Gasteiger partial charge in [-0.25, -0.2) is 0 Å².